The molecular weight excluding hydrogens is 376 g/mol. The van der Waals surface area contributed by atoms with E-state index < -0.39 is 12.0 Å². The molecule has 7 heteroatoms. The van der Waals surface area contributed by atoms with Gasteiger partial charge in [-0.05, 0) is 51.8 Å². The van der Waals surface area contributed by atoms with Crippen molar-refractivity contribution < 1.29 is 19.1 Å². The molecule has 28 heavy (non-hydrogen) atoms. The highest BCUT2D eigenvalue weighted by Crippen LogP contribution is 2.44. The third-order valence-corrected chi connectivity index (χ3v) is 5.91. The van der Waals surface area contributed by atoms with E-state index >= 15 is 0 Å². The van der Waals surface area contributed by atoms with Gasteiger partial charge in [0.05, 0.1) is 35.3 Å². The zero-order chi connectivity index (χ0) is 20.4. The molecule has 0 bridgehead atoms. The highest BCUT2D eigenvalue weighted by Gasteiger charge is 2.47. The van der Waals surface area contributed by atoms with E-state index in [4.69, 9.17) is 9.47 Å². The van der Waals surface area contributed by atoms with Crippen molar-refractivity contribution in [3.8, 4) is 5.75 Å². The predicted octanol–water partition coefficient (Wildman–Crippen LogP) is 4.08. The van der Waals surface area contributed by atoms with Gasteiger partial charge >= 0.3 is 5.97 Å². The van der Waals surface area contributed by atoms with Gasteiger partial charge < -0.3 is 9.47 Å². The van der Waals surface area contributed by atoms with Crippen molar-refractivity contribution in [2.24, 2.45) is 4.99 Å². The average Bonchev–Trinajstić information content (AvgIpc) is 2.96. The summed E-state index contributed by atoms with van der Waals surface area (Å²) in [4.78, 5) is 32.2. The van der Waals surface area contributed by atoms with Gasteiger partial charge in [-0.15, -0.1) is 0 Å². The van der Waals surface area contributed by atoms with Crippen LogP contribution in [0, 0.1) is 0 Å². The number of nitrogens with zero attached hydrogens (tertiary/aromatic N) is 2. The van der Waals surface area contributed by atoms with Crippen LogP contribution >= 0.6 is 11.8 Å². The van der Waals surface area contributed by atoms with E-state index in [1.165, 1.54) is 11.8 Å². The van der Waals surface area contributed by atoms with E-state index in [1.54, 1.807) is 25.7 Å². The summed E-state index contributed by atoms with van der Waals surface area (Å²) in [6, 6.07) is 6.95. The molecule has 1 fully saturated rings. The second-order valence-electron chi connectivity index (χ2n) is 6.98. The molecule has 0 N–H and O–H groups in total. The van der Waals surface area contributed by atoms with Crippen molar-refractivity contribution in [2.45, 2.75) is 58.4 Å². The number of esters is 1. The van der Waals surface area contributed by atoms with Gasteiger partial charge in [0, 0.05) is 0 Å². The number of fused-ring (bicyclic) bond motifs is 1. The van der Waals surface area contributed by atoms with Gasteiger partial charge in [-0.1, -0.05) is 30.8 Å². The summed E-state index contributed by atoms with van der Waals surface area (Å²) < 4.78 is 11.0. The van der Waals surface area contributed by atoms with Crippen LogP contribution in [0.25, 0.3) is 0 Å². The van der Waals surface area contributed by atoms with Gasteiger partial charge in [-0.2, -0.15) is 0 Å². The molecule has 0 spiro atoms. The Morgan fingerprint density at radius 2 is 1.93 bits per heavy atom. The van der Waals surface area contributed by atoms with Crippen LogP contribution in [0.1, 0.15) is 52.6 Å². The van der Waals surface area contributed by atoms with Crippen molar-refractivity contribution >= 4 is 28.8 Å². The first-order valence-corrected chi connectivity index (χ1v) is 10.5. The van der Waals surface area contributed by atoms with Crippen LogP contribution < -0.4 is 4.74 Å². The van der Waals surface area contributed by atoms with Gasteiger partial charge in [0.2, 0.25) is 5.91 Å². The third kappa shape index (κ3) is 3.81. The number of carbonyl (C=O) groups excluding carboxylic acids is 2. The second kappa shape index (κ2) is 8.39. The SMILES string of the molecule is CCOc1ccc([C@@H]2C(C(=O)OC(C)C)=C(C)N=C3S[C@H](CC)C(=O)N32)cc1. The van der Waals surface area contributed by atoms with Crippen molar-refractivity contribution in [3.63, 3.8) is 0 Å². The summed E-state index contributed by atoms with van der Waals surface area (Å²) >= 11 is 1.46. The number of benzene rings is 1. The van der Waals surface area contributed by atoms with Crippen LogP contribution in [-0.2, 0) is 14.3 Å². The molecule has 1 aromatic rings. The van der Waals surface area contributed by atoms with Crippen molar-refractivity contribution in [3.05, 3.63) is 41.1 Å². The van der Waals surface area contributed by atoms with Crippen molar-refractivity contribution in [1.82, 2.24) is 4.90 Å². The summed E-state index contributed by atoms with van der Waals surface area (Å²) in [5.41, 5.74) is 1.83. The Kier molecular flexibility index (Phi) is 6.13. The lowest BCUT2D eigenvalue weighted by atomic mass is 9.94. The first-order chi connectivity index (χ1) is 13.4. The van der Waals surface area contributed by atoms with Crippen LogP contribution in [0.3, 0.4) is 0 Å². The molecule has 2 heterocycles. The zero-order valence-electron chi connectivity index (χ0n) is 16.9. The summed E-state index contributed by atoms with van der Waals surface area (Å²) in [5, 5.41) is 0.464. The second-order valence-corrected chi connectivity index (χ2v) is 8.14. The smallest absolute Gasteiger partial charge is 0.338 e. The number of hydrogen-bond acceptors (Lipinski definition) is 6. The molecule has 0 saturated carbocycles. The Morgan fingerprint density at radius 3 is 2.50 bits per heavy atom. The maximum absolute atomic E-state index is 13.0. The van der Waals surface area contributed by atoms with E-state index in [-0.39, 0.29) is 17.3 Å². The highest BCUT2D eigenvalue weighted by molar-refractivity contribution is 8.15. The van der Waals surface area contributed by atoms with Crippen LogP contribution in [0.4, 0.5) is 0 Å². The van der Waals surface area contributed by atoms with Crippen molar-refractivity contribution in [1.29, 1.82) is 0 Å². The first kappa shape index (κ1) is 20.5. The minimum Gasteiger partial charge on any atom is -0.494 e. The van der Waals surface area contributed by atoms with E-state index in [9.17, 15) is 9.59 Å². The van der Waals surface area contributed by atoms with Gasteiger partial charge in [0.15, 0.2) is 5.17 Å². The quantitative estimate of drug-likeness (QED) is 0.671. The van der Waals surface area contributed by atoms with Crippen molar-refractivity contribution in [2.75, 3.05) is 6.61 Å². The molecule has 1 aromatic carbocycles. The topological polar surface area (TPSA) is 68.2 Å². The Balaban J connectivity index is 2.07. The maximum atomic E-state index is 13.0. The molecule has 2 atom stereocenters. The molecule has 150 valence electrons. The fraction of sp³-hybridized carbons (Fsp3) is 0.476. The monoisotopic (exact) mass is 402 g/mol. The maximum Gasteiger partial charge on any atom is 0.338 e. The molecule has 0 aromatic heterocycles. The van der Waals surface area contributed by atoms with Gasteiger partial charge in [0.1, 0.15) is 5.75 Å². The summed E-state index contributed by atoms with van der Waals surface area (Å²) in [5.74, 6) is 0.288. The molecule has 0 aliphatic carbocycles. The molecule has 0 unspecified atom stereocenters. The van der Waals surface area contributed by atoms with Crippen LogP contribution in [0.15, 0.2) is 40.5 Å². The molecule has 2 aliphatic rings. The summed E-state index contributed by atoms with van der Waals surface area (Å²) in [7, 11) is 0. The van der Waals surface area contributed by atoms with E-state index in [0.717, 1.165) is 11.3 Å². The molecule has 6 nitrogen and oxygen atoms in total. The number of hydrogen-bond donors (Lipinski definition) is 0. The average molecular weight is 403 g/mol. The fourth-order valence-electron chi connectivity index (χ4n) is 3.36. The minimum atomic E-state index is -0.550. The van der Waals surface area contributed by atoms with E-state index in [0.29, 0.717) is 29.5 Å². The number of carbonyl (C=O) groups is 2. The molecular formula is C21H26N2O4S. The number of rotatable bonds is 6. The lowest BCUT2D eigenvalue weighted by Crippen LogP contribution is -2.41. The number of thioether (sulfide) groups is 1. The molecule has 0 radical (unpaired) electrons. The number of allylic oxidation sites excluding steroid dienone is 1. The molecule has 2 aliphatic heterocycles. The largest absolute Gasteiger partial charge is 0.494 e. The standard InChI is InChI=1S/C21H26N2O4S/c1-6-16-19(24)23-18(14-8-10-15(11-9-14)26-7-2)17(20(25)27-12(3)4)13(5)22-21(23)28-16/h8-12,16,18H,6-7H2,1-5H3/t16-,18-/m1/s1. The highest BCUT2D eigenvalue weighted by atomic mass is 32.2. The minimum absolute atomic E-state index is 0.0209. The van der Waals surface area contributed by atoms with Gasteiger partial charge in [-0.3, -0.25) is 9.69 Å². The number of ether oxygens (including phenoxy) is 2. The molecule has 1 saturated heterocycles. The molecule has 1 amide bonds. The zero-order valence-corrected chi connectivity index (χ0v) is 17.7. The van der Waals surface area contributed by atoms with Crippen LogP contribution in [0.5, 0.6) is 5.75 Å². The normalized spacial score (nSPS) is 21.7. The van der Waals surface area contributed by atoms with Gasteiger partial charge in [0.25, 0.3) is 0 Å². The third-order valence-electron chi connectivity index (χ3n) is 4.59. The number of aliphatic imine (C=N–C) groups is 1. The number of amidine groups is 1. The number of amides is 1. The first-order valence-electron chi connectivity index (χ1n) is 9.60. The van der Waals surface area contributed by atoms with E-state index in [2.05, 4.69) is 4.99 Å². The predicted molar refractivity (Wildman–Crippen MR) is 110 cm³/mol. The van der Waals surface area contributed by atoms with E-state index in [1.807, 2.05) is 38.1 Å². The summed E-state index contributed by atoms with van der Waals surface area (Å²) in [6.45, 7) is 9.89. The lowest BCUT2D eigenvalue weighted by molar-refractivity contribution is -0.143. The Morgan fingerprint density at radius 1 is 1.25 bits per heavy atom. The lowest BCUT2D eigenvalue weighted by Gasteiger charge is -2.33. The molecule has 3 rings (SSSR count). The van der Waals surface area contributed by atoms with Crippen LogP contribution in [-0.4, -0.2) is 39.9 Å². The summed E-state index contributed by atoms with van der Waals surface area (Å²) in [6.07, 6.45) is 0.450. The Hall–Kier alpha value is -2.28. The Bertz CT molecular complexity index is 829. The fourth-order valence-corrected chi connectivity index (χ4v) is 4.49. The van der Waals surface area contributed by atoms with Crippen LogP contribution in [0.2, 0.25) is 0 Å². The van der Waals surface area contributed by atoms with Gasteiger partial charge in [-0.25, -0.2) is 9.79 Å². The Labute approximate surface area is 170 Å².